The average molecular weight is 288 g/mol. The van der Waals surface area contributed by atoms with E-state index in [1.165, 1.54) is 0 Å². The molecule has 0 radical (unpaired) electrons. The van der Waals surface area contributed by atoms with Crippen molar-refractivity contribution >= 4 is 12.4 Å². The Kier molecular flexibility index (Phi) is 5.47. The molecule has 1 aromatic carbocycles. The van der Waals surface area contributed by atoms with Gasteiger partial charge in [-0.1, -0.05) is 0 Å². The Morgan fingerprint density at radius 3 is 2.68 bits per heavy atom. The summed E-state index contributed by atoms with van der Waals surface area (Å²) in [6, 6.07) is 5.37. The molecular formula is C14H22ClNO3. The van der Waals surface area contributed by atoms with E-state index >= 15 is 0 Å². The van der Waals surface area contributed by atoms with Crippen LogP contribution >= 0.6 is 12.4 Å². The van der Waals surface area contributed by atoms with Crippen LogP contribution in [0.2, 0.25) is 0 Å². The summed E-state index contributed by atoms with van der Waals surface area (Å²) in [5, 5.41) is 13.3. The molecule has 0 unspecified atom stereocenters. The topological polar surface area (TPSA) is 50.7 Å². The minimum atomic E-state index is -0.245. The van der Waals surface area contributed by atoms with Crippen molar-refractivity contribution < 1.29 is 14.6 Å². The van der Waals surface area contributed by atoms with Gasteiger partial charge in [0.1, 0.15) is 17.1 Å². The average Bonchev–Trinajstić information content (AvgIpc) is 2.31. The van der Waals surface area contributed by atoms with Gasteiger partial charge < -0.3 is 19.9 Å². The molecule has 0 aliphatic carbocycles. The first-order valence-corrected chi connectivity index (χ1v) is 6.29. The summed E-state index contributed by atoms with van der Waals surface area (Å²) in [7, 11) is 0. The minimum Gasteiger partial charge on any atom is -0.508 e. The lowest BCUT2D eigenvalue weighted by Crippen LogP contribution is -2.34. The van der Waals surface area contributed by atoms with Crippen LogP contribution in [-0.4, -0.2) is 30.5 Å². The molecular weight excluding hydrogens is 266 g/mol. The van der Waals surface area contributed by atoms with Crippen LogP contribution in [0, 0.1) is 0 Å². The fourth-order valence-electron chi connectivity index (χ4n) is 1.99. The number of phenolic OH excluding ortho intramolecular Hbond substituents is 1. The number of nitrogens with one attached hydrogen (secondary N) is 1. The molecule has 1 heterocycles. The second kappa shape index (κ2) is 6.46. The van der Waals surface area contributed by atoms with Crippen LogP contribution in [0.15, 0.2) is 18.2 Å². The first kappa shape index (κ1) is 16.1. The summed E-state index contributed by atoms with van der Waals surface area (Å²) in [6.45, 7) is 8.10. The van der Waals surface area contributed by atoms with Crippen molar-refractivity contribution in [3.63, 3.8) is 0 Å². The van der Waals surface area contributed by atoms with E-state index in [1.54, 1.807) is 12.1 Å². The Balaban J connectivity index is 0.00000180. The number of rotatable bonds is 2. The highest BCUT2D eigenvalue weighted by atomic mass is 35.5. The molecule has 1 aliphatic heterocycles. The van der Waals surface area contributed by atoms with E-state index in [2.05, 4.69) is 5.32 Å². The summed E-state index contributed by atoms with van der Waals surface area (Å²) in [5.41, 5.74) is 0.585. The zero-order valence-corrected chi connectivity index (χ0v) is 12.4. The highest BCUT2D eigenvalue weighted by Gasteiger charge is 2.20. The number of hydrogen-bond acceptors (Lipinski definition) is 4. The SMILES string of the molecule is CC(C)(C)Oc1ccc(O)c([C@@H]2COCCN2)c1.Cl. The first-order chi connectivity index (χ1) is 8.46. The molecule has 0 aromatic heterocycles. The fourth-order valence-corrected chi connectivity index (χ4v) is 1.99. The van der Waals surface area contributed by atoms with Crippen molar-refractivity contribution in [1.29, 1.82) is 0 Å². The van der Waals surface area contributed by atoms with E-state index in [0.717, 1.165) is 24.5 Å². The number of morpholine rings is 1. The van der Waals surface area contributed by atoms with Crippen molar-refractivity contribution in [2.45, 2.75) is 32.4 Å². The van der Waals surface area contributed by atoms with Gasteiger partial charge in [-0.3, -0.25) is 0 Å². The highest BCUT2D eigenvalue weighted by Crippen LogP contribution is 2.31. The molecule has 1 aliphatic rings. The molecule has 1 fully saturated rings. The molecule has 0 amide bonds. The van der Waals surface area contributed by atoms with Crippen LogP contribution in [0.25, 0.3) is 0 Å². The molecule has 1 aromatic rings. The number of hydrogen-bond donors (Lipinski definition) is 2. The number of aromatic hydroxyl groups is 1. The van der Waals surface area contributed by atoms with Crippen LogP contribution in [0.1, 0.15) is 32.4 Å². The lowest BCUT2D eigenvalue weighted by molar-refractivity contribution is 0.0757. The molecule has 0 spiro atoms. The van der Waals surface area contributed by atoms with Gasteiger partial charge in [-0.15, -0.1) is 12.4 Å². The maximum absolute atomic E-state index is 9.93. The molecule has 0 bridgehead atoms. The summed E-state index contributed by atoms with van der Waals surface area (Å²) < 4.78 is 11.2. The number of halogens is 1. The third-order valence-electron chi connectivity index (χ3n) is 2.72. The van der Waals surface area contributed by atoms with E-state index in [1.807, 2.05) is 26.8 Å². The third kappa shape index (κ3) is 4.56. The fraction of sp³-hybridized carbons (Fsp3) is 0.571. The second-order valence-corrected chi connectivity index (χ2v) is 5.52. The normalized spacial score (nSPS) is 19.6. The van der Waals surface area contributed by atoms with E-state index in [4.69, 9.17) is 9.47 Å². The number of ether oxygens (including phenoxy) is 2. The number of phenols is 1. The Morgan fingerprint density at radius 1 is 1.37 bits per heavy atom. The molecule has 2 rings (SSSR count). The van der Waals surface area contributed by atoms with Crippen LogP contribution in [0.5, 0.6) is 11.5 Å². The van der Waals surface area contributed by atoms with Gasteiger partial charge in [0.25, 0.3) is 0 Å². The van der Waals surface area contributed by atoms with E-state index in [0.29, 0.717) is 6.61 Å². The van der Waals surface area contributed by atoms with Crippen molar-refractivity contribution in [1.82, 2.24) is 5.32 Å². The van der Waals surface area contributed by atoms with Gasteiger partial charge >= 0.3 is 0 Å². The molecule has 1 atom stereocenters. The molecule has 4 nitrogen and oxygen atoms in total. The van der Waals surface area contributed by atoms with Gasteiger partial charge in [0.15, 0.2) is 0 Å². The van der Waals surface area contributed by atoms with Gasteiger partial charge in [-0.05, 0) is 39.0 Å². The second-order valence-electron chi connectivity index (χ2n) is 5.52. The van der Waals surface area contributed by atoms with Crippen LogP contribution in [-0.2, 0) is 4.74 Å². The quantitative estimate of drug-likeness (QED) is 0.878. The van der Waals surface area contributed by atoms with Gasteiger partial charge in [-0.25, -0.2) is 0 Å². The van der Waals surface area contributed by atoms with Gasteiger partial charge in [0.2, 0.25) is 0 Å². The van der Waals surface area contributed by atoms with Gasteiger partial charge in [0, 0.05) is 12.1 Å². The maximum Gasteiger partial charge on any atom is 0.120 e. The summed E-state index contributed by atoms with van der Waals surface area (Å²) >= 11 is 0. The lowest BCUT2D eigenvalue weighted by Gasteiger charge is -2.26. The first-order valence-electron chi connectivity index (χ1n) is 6.29. The van der Waals surface area contributed by atoms with Crippen LogP contribution in [0.3, 0.4) is 0 Å². The van der Waals surface area contributed by atoms with Gasteiger partial charge in [-0.2, -0.15) is 0 Å². The van der Waals surface area contributed by atoms with E-state index < -0.39 is 0 Å². The summed E-state index contributed by atoms with van der Waals surface area (Å²) in [5.74, 6) is 1.04. The van der Waals surface area contributed by atoms with Crippen molar-refractivity contribution in [3.8, 4) is 11.5 Å². The smallest absolute Gasteiger partial charge is 0.120 e. The van der Waals surface area contributed by atoms with Crippen molar-refractivity contribution in [3.05, 3.63) is 23.8 Å². The van der Waals surface area contributed by atoms with Crippen LogP contribution in [0.4, 0.5) is 0 Å². The Hall–Kier alpha value is -0.970. The molecule has 19 heavy (non-hydrogen) atoms. The van der Waals surface area contributed by atoms with E-state index in [-0.39, 0.29) is 29.8 Å². The summed E-state index contributed by atoms with van der Waals surface area (Å²) in [6.07, 6.45) is 0. The largest absolute Gasteiger partial charge is 0.508 e. The molecule has 5 heteroatoms. The highest BCUT2D eigenvalue weighted by molar-refractivity contribution is 5.85. The lowest BCUT2D eigenvalue weighted by atomic mass is 10.0. The van der Waals surface area contributed by atoms with Crippen LogP contribution < -0.4 is 10.1 Å². The predicted molar refractivity (Wildman–Crippen MR) is 77.3 cm³/mol. The zero-order chi connectivity index (χ0) is 13.2. The third-order valence-corrected chi connectivity index (χ3v) is 2.72. The minimum absolute atomic E-state index is 0. The molecule has 0 saturated carbocycles. The molecule has 108 valence electrons. The van der Waals surface area contributed by atoms with Crippen molar-refractivity contribution in [2.75, 3.05) is 19.8 Å². The van der Waals surface area contributed by atoms with Gasteiger partial charge in [0.05, 0.1) is 19.3 Å². The zero-order valence-electron chi connectivity index (χ0n) is 11.6. The predicted octanol–water partition coefficient (Wildman–Crippen LogP) is 2.65. The summed E-state index contributed by atoms with van der Waals surface area (Å²) in [4.78, 5) is 0. The monoisotopic (exact) mass is 287 g/mol. The Bertz CT molecular complexity index is 412. The standard InChI is InChI=1S/C14H21NO3.ClH/c1-14(2,3)18-10-4-5-13(16)11(8-10)12-9-17-7-6-15-12;/h4-5,8,12,15-16H,6-7,9H2,1-3H3;1H/t12-;/m0./s1. The maximum atomic E-state index is 9.93. The number of benzene rings is 1. The van der Waals surface area contributed by atoms with Crippen molar-refractivity contribution in [2.24, 2.45) is 0 Å². The Morgan fingerprint density at radius 2 is 2.11 bits per heavy atom. The Labute approximate surface area is 120 Å². The molecule has 2 N–H and O–H groups in total. The van der Waals surface area contributed by atoms with E-state index in [9.17, 15) is 5.11 Å². The molecule has 1 saturated heterocycles.